The van der Waals surface area contributed by atoms with Gasteiger partial charge in [0.15, 0.2) is 0 Å². The summed E-state index contributed by atoms with van der Waals surface area (Å²) in [6, 6.07) is 26.1. The van der Waals surface area contributed by atoms with E-state index in [4.69, 9.17) is 5.10 Å². The number of benzene rings is 3. The molecule has 6 aromatic rings. The number of aromatic nitrogens is 6. The highest BCUT2D eigenvalue weighted by Gasteiger charge is 2.40. The minimum Gasteiger partial charge on any atom is -0.266 e. The molecule has 8 heteroatoms. The Morgan fingerprint density at radius 1 is 0.569 bits per heavy atom. The van der Waals surface area contributed by atoms with Crippen molar-refractivity contribution >= 4 is 0 Å². The Labute approximate surface area is 435 Å². The minimum atomic E-state index is -2.85. The first kappa shape index (κ1) is 57.9. The van der Waals surface area contributed by atoms with Crippen LogP contribution in [0.3, 0.4) is 0 Å². The Morgan fingerprint density at radius 3 is 1.68 bits per heavy atom. The summed E-state index contributed by atoms with van der Waals surface area (Å²) >= 11 is 0. The maximum atomic E-state index is 14.5. The van der Waals surface area contributed by atoms with Crippen LogP contribution in [0, 0.1) is 44.4 Å². The molecule has 9 rings (SSSR count). The molecule has 0 amide bonds. The highest BCUT2D eigenvalue weighted by molar-refractivity contribution is 5.86. The zero-order chi connectivity index (χ0) is 53.2. The fourth-order valence-electron chi connectivity index (χ4n) is 10.5. The number of rotatable bonds is 4. The molecule has 3 aliphatic rings. The third kappa shape index (κ3) is 14.2. The quantitative estimate of drug-likeness (QED) is 0.177. The molecule has 72 heavy (non-hydrogen) atoms. The normalized spacial score (nSPS) is 16.7. The van der Waals surface area contributed by atoms with Crippen LogP contribution in [-0.4, -0.2) is 29.8 Å². The second kappa shape index (κ2) is 25.8. The molecular formula is C64H92F2N6. The molecule has 0 saturated heterocycles. The van der Waals surface area contributed by atoms with Gasteiger partial charge in [-0.1, -0.05) is 155 Å². The van der Waals surface area contributed by atoms with Gasteiger partial charge in [-0.25, -0.2) is 0 Å². The van der Waals surface area contributed by atoms with Crippen LogP contribution in [0.25, 0.3) is 33.5 Å². The number of nitrogens with zero attached hydrogens (tertiary/aromatic N) is 6. The number of aryl methyl sites for hydroxylation is 2. The molecule has 0 fully saturated rings. The lowest BCUT2D eigenvalue weighted by molar-refractivity contribution is -0.0200. The van der Waals surface area contributed by atoms with Crippen LogP contribution in [0.2, 0.25) is 0 Å². The number of hydrogen-bond acceptors (Lipinski definition) is 4. The van der Waals surface area contributed by atoms with E-state index in [1.807, 2.05) is 45.0 Å². The van der Waals surface area contributed by atoms with E-state index < -0.39 is 5.92 Å². The minimum absolute atomic E-state index is 0.0548. The lowest BCUT2D eigenvalue weighted by Gasteiger charge is -2.27. The van der Waals surface area contributed by atoms with E-state index in [1.54, 1.807) is 4.68 Å². The zero-order valence-corrected chi connectivity index (χ0v) is 47.9. The smallest absolute Gasteiger partial charge is 0.266 e. The van der Waals surface area contributed by atoms with Crippen LogP contribution < -0.4 is 0 Å². The van der Waals surface area contributed by atoms with E-state index in [9.17, 15) is 8.78 Å². The molecule has 6 nitrogen and oxygen atoms in total. The summed E-state index contributed by atoms with van der Waals surface area (Å²) in [6.07, 6.45) is 8.48. The van der Waals surface area contributed by atoms with Crippen LogP contribution in [0.1, 0.15) is 216 Å². The highest BCUT2D eigenvalue weighted by Crippen LogP contribution is 2.46. The van der Waals surface area contributed by atoms with Gasteiger partial charge in [-0.05, 0) is 168 Å². The molecule has 0 bridgehead atoms. The summed E-state index contributed by atoms with van der Waals surface area (Å²) in [5.74, 6) is 1.25. The first-order valence-electron chi connectivity index (χ1n) is 27.6. The molecule has 0 saturated carbocycles. The number of hydrogen-bond donors (Lipinski definition) is 0. The molecule has 3 aromatic carbocycles. The van der Waals surface area contributed by atoms with Crippen molar-refractivity contribution in [3.05, 3.63) is 129 Å². The van der Waals surface area contributed by atoms with E-state index in [-0.39, 0.29) is 18.2 Å². The van der Waals surface area contributed by atoms with Crippen LogP contribution in [0.15, 0.2) is 72.8 Å². The molecule has 3 aliphatic carbocycles. The van der Waals surface area contributed by atoms with Gasteiger partial charge < -0.3 is 0 Å². The van der Waals surface area contributed by atoms with Gasteiger partial charge in [0.2, 0.25) is 0 Å². The molecule has 0 aliphatic heterocycles. The van der Waals surface area contributed by atoms with Crippen molar-refractivity contribution in [3.63, 3.8) is 0 Å². The van der Waals surface area contributed by atoms with Gasteiger partial charge in [-0.3, -0.25) is 9.36 Å². The van der Waals surface area contributed by atoms with Crippen molar-refractivity contribution < 1.29 is 8.78 Å². The molecule has 3 heterocycles. The molecule has 0 N–H and O–H groups in total. The predicted octanol–water partition coefficient (Wildman–Crippen LogP) is 18.4. The summed E-state index contributed by atoms with van der Waals surface area (Å²) in [5.41, 5.74) is 18.1. The van der Waals surface area contributed by atoms with Gasteiger partial charge in [0.1, 0.15) is 11.4 Å². The zero-order valence-electron chi connectivity index (χ0n) is 47.9. The Morgan fingerprint density at radius 2 is 1.10 bits per heavy atom. The molecule has 0 radical (unpaired) electrons. The van der Waals surface area contributed by atoms with Gasteiger partial charge in [0, 0.05) is 46.6 Å². The Balaban J connectivity index is 0.000000190. The maximum absolute atomic E-state index is 14.5. The van der Waals surface area contributed by atoms with Crippen molar-refractivity contribution in [1.29, 1.82) is 0 Å². The lowest BCUT2D eigenvalue weighted by Crippen LogP contribution is -2.18. The van der Waals surface area contributed by atoms with Gasteiger partial charge >= 0.3 is 0 Å². The van der Waals surface area contributed by atoms with Crippen molar-refractivity contribution in [3.8, 4) is 33.5 Å². The first-order valence-corrected chi connectivity index (χ1v) is 27.6. The number of fused-ring (bicyclic) bond motifs is 9. The Bertz CT molecular complexity index is 2650. The SMILES string of the molecule is CC(C)C.CC(C)C.Cc1c2c(nn1C(C)C)-c1ccccc1C(C(C)C)Cc1ccccc1-2.Cc1c2c(nn1C(C)C)C(F)(F)CCCc1ccccc1-2.Cc1nnc(C(C)C)c2c1CCC(C)CCC2. The summed E-state index contributed by atoms with van der Waals surface area (Å²) in [5, 5.41) is 18.2. The average Bonchev–Trinajstić information content (AvgIpc) is 3.83. The largest absolute Gasteiger partial charge is 0.292 e. The summed E-state index contributed by atoms with van der Waals surface area (Å²) in [4.78, 5) is 0. The molecule has 2 unspecified atom stereocenters. The standard InChI is InChI=1S/C24H28N2.C17H20F2N2.C15H24N2.2C4H10/c1-15(2)22-14-18-10-6-7-11-19(18)23-17(5)26(16(3)4)25-24(23)21-13-9-8-12-20(21)22;1-11(2)21-12(3)15-14-9-5-4-7-13(14)8-6-10-17(18,19)16(15)20-21;1-10(2)15-14-7-5-6-11(3)8-9-13(14)12(4)16-17-15;2*1-4(2)3/h6-13,15-16,22H,14H2,1-5H3;4-5,7,9,11H,6,8,10H2,1-3H3;10-11H,5-9H2,1-4H3;2*4H,1-3H3. The maximum Gasteiger partial charge on any atom is 0.292 e. The lowest BCUT2D eigenvalue weighted by atomic mass is 9.76. The van der Waals surface area contributed by atoms with E-state index in [2.05, 4.69) is 172 Å². The molecule has 3 aromatic heterocycles. The molecule has 392 valence electrons. The predicted molar refractivity (Wildman–Crippen MR) is 301 cm³/mol. The van der Waals surface area contributed by atoms with Crippen LogP contribution >= 0.6 is 0 Å². The third-order valence-corrected chi connectivity index (χ3v) is 14.0. The first-order chi connectivity index (χ1) is 34.0. The van der Waals surface area contributed by atoms with Crippen LogP contribution in [-0.2, 0) is 31.6 Å². The van der Waals surface area contributed by atoms with E-state index >= 15 is 0 Å². The summed E-state index contributed by atoms with van der Waals surface area (Å²) in [7, 11) is 0. The van der Waals surface area contributed by atoms with Gasteiger partial charge in [0.25, 0.3) is 5.92 Å². The van der Waals surface area contributed by atoms with Gasteiger partial charge in [0.05, 0.1) is 11.4 Å². The fourth-order valence-corrected chi connectivity index (χ4v) is 10.5. The Kier molecular flexibility index (Phi) is 20.7. The van der Waals surface area contributed by atoms with Crippen molar-refractivity contribution in [2.75, 3.05) is 0 Å². The second-order valence-corrected chi connectivity index (χ2v) is 23.5. The number of halogens is 2. The van der Waals surface area contributed by atoms with Crippen molar-refractivity contribution in [2.24, 2.45) is 23.7 Å². The third-order valence-electron chi connectivity index (χ3n) is 14.0. The van der Waals surface area contributed by atoms with E-state index in [0.29, 0.717) is 42.2 Å². The van der Waals surface area contributed by atoms with Crippen LogP contribution in [0.4, 0.5) is 8.78 Å². The van der Waals surface area contributed by atoms with Gasteiger partial charge in [-0.15, -0.1) is 0 Å². The molecule has 2 atom stereocenters. The monoisotopic (exact) mass is 983 g/mol. The second-order valence-electron chi connectivity index (χ2n) is 23.5. The fraction of sp³-hybridized carbons (Fsp3) is 0.562. The highest BCUT2D eigenvalue weighted by atomic mass is 19.3. The topological polar surface area (TPSA) is 61.4 Å². The summed E-state index contributed by atoms with van der Waals surface area (Å²) < 4.78 is 32.9. The van der Waals surface area contributed by atoms with Gasteiger partial charge in [-0.2, -0.15) is 29.2 Å². The molecule has 0 spiro atoms. The average molecular weight is 983 g/mol. The Hall–Kier alpha value is -4.98. The van der Waals surface area contributed by atoms with E-state index in [1.165, 1.54) is 82.4 Å². The molecular weight excluding hydrogens is 891 g/mol. The van der Waals surface area contributed by atoms with Crippen molar-refractivity contribution in [1.82, 2.24) is 29.8 Å². The van der Waals surface area contributed by atoms with Crippen molar-refractivity contribution in [2.45, 2.75) is 212 Å². The van der Waals surface area contributed by atoms with Crippen LogP contribution in [0.5, 0.6) is 0 Å². The summed E-state index contributed by atoms with van der Waals surface area (Å²) in [6.45, 7) is 39.1. The number of alkyl halides is 2. The van der Waals surface area contributed by atoms with E-state index in [0.717, 1.165) is 52.4 Å².